The van der Waals surface area contributed by atoms with Gasteiger partial charge >= 0.3 is 0 Å². The van der Waals surface area contributed by atoms with Crippen molar-refractivity contribution < 1.29 is 14.3 Å². The summed E-state index contributed by atoms with van der Waals surface area (Å²) in [6.07, 6.45) is 6.06. The summed E-state index contributed by atoms with van der Waals surface area (Å²) < 4.78 is 11.0. The molecule has 0 aromatic carbocycles. The van der Waals surface area contributed by atoms with Crippen molar-refractivity contribution in [3.05, 3.63) is 0 Å². The maximum Gasteiger partial charge on any atom is 0.238 e. The Bertz CT molecular complexity index is 286. The van der Waals surface area contributed by atoms with Gasteiger partial charge in [0.2, 0.25) is 5.91 Å². The molecule has 3 N–H and O–H groups in total. The Morgan fingerprint density at radius 3 is 2.60 bits per heavy atom. The molecule has 5 nitrogen and oxygen atoms in total. The number of ether oxygens (including phenoxy) is 2. The fraction of sp³-hybridized carbons (Fsp3) is 0.933. The highest BCUT2D eigenvalue weighted by Crippen LogP contribution is 2.37. The first-order chi connectivity index (χ1) is 9.67. The molecular formula is C15H30N2O3. The van der Waals surface area contributed by atoms with E-state index in [1.807, 2.05) is 7.05 Å². The Balaban J connectivity index is 2.16. The first-order valence-electron chi connectivity index (χ1n) is 7.81. The van der Waals surface area contributed by atoms with Gasteiger partial charge in [0.15, 0.2) is 0 Å². The van der Waals surface area contributed by atoms with Crippen molar-refractivity contribution in [3.8, 4) is 0 Å². The van der Waals surface area contributed by atoms with E-state index in [0.29, 0.717) is 19.8 Å². The number of carbonyl (C=O) groups is 1. The Hall–Kier alpha value is -0.650. The molecule has 0 aromatic rings. The van der Waals surface area contributed by atoms with E-state index in [1.54, 1.807) is 0 Å². The molecule has 20 heavy (non-hydrogen) atoms. The first kappa shape index (κ1) is 17.4. The second-order valence-electron chi connectivity index (χ2n) is 5.54. The number of likely N-dealkylation sites (N-methyl/N-ethyl adjacent to an activating group) is 1. The smallest absolute Gasteiger partial charge is 0.238 e. The van der Waals surface area contributed by atoms with Gasteiger partial charge in [-0.15, -0.1) is 0 Å². The van der Waals surface area contributed by atoms with E-state index in [9.17, 15) is 4.79 Å². The molecule has 5 heteroatoms. The Morgan fingerprint density at radius 2 is 2.00 bits per heavy atom. The summed E-state index contributed by atoms with van der Waals surface area (Å²) in [6, 6.07) is 0. The molecule has 0 saturated heterocycles. The fourth-order valence-electron chi connectivity index (χ4n) is 3.04. The number of rotatable bonds is 11. The summed E-state index contributed by atoms with van der Waals surface area (Å²) >= 11 is 0. The van der Waals surface area contributed by atoms with Crippen LogP contribution in [0.5, 0.6) is 0 Å². The SMILES string of the molecule is CCCCOCCOCCC1CCCC1(NC)C(N)=O. The van der Waals surface area contributed by atoms with Gasteiger partial charge in [-0.3, -0.25) is 4.79 Å². The van der Waals surface area contributed by atoms with Gasteiger partial charge in [-0.05, 0) is 38.6 Å². The van der Waals surface area contributed by atoms with Crippen molar-refractivity contribution in [3.63, 3.8) is 0 Å². The van der Waals surface area contributed by atoms with Gasteiger partial charge in [0.25, 0.3) is 0 Å². The predicted octanol–water partition coefficient (Wildman–Crippen LogP) is 1.45. The van der Waals surface area contributed by atoms with Crippen LogP contribution in [0.2, 0.25) is 0 Å². The zero-order chi connectivity index (χ0) is 14.8. The topological polar surface area (TPSA) is 73.6 Å². The third-order valence-corrected chi connectivity index (χ3v) is 4.33. The van der Waals surface area contributed by atoms with E-state index >= 15 is 0 Å². The molecule has 1 amide bonds. The zero-order valence-electron chi connectivity index (χ0n) is 13.0. The predicted molar refractivity (Wildman–Crippen MR) is 79.5 cm³/mol. The van der Waals surface area contributed by atoms with Crippen LogP contribution in [0.15, 0.2) is 0 Å². The molecule has 0 bridgehead atoms. The largest absolute Gasteiger partial charge is 0.379 e. The lowest BCUT2D eigenvalue weighted by Crippen LogP contribution is -2.56. The van der Waals surface area contributed by atoms with Gasteiger partial charge in [-0.25, -0.2) is 0 Å². The molecule has 0 spiro atoms. The van der Waals surface area contributed by atoms with Crippen LogP contribution in [0.4, 0.5) is 0 Å². The van der Waals surface area contributed by atoms with Gasteiger partial charge in [-0.1, -0.05) is 19.8 Å². The van der Waals surface area contributed by atoms with E-state index in [-0.39, 0.29) is 11.8 Å². The Kier molecular flexibility index (Phi) is 8.11. The van der Waals surface area contributed by atoms with Crippen molar-refractivity contribution in [2.24, 2.45) is 11.7 Å². The average Bonchev–Trinajstić information content (AvgIpc) is 2.86. The highest BCUT2D eigenvalue weighted by atomic mass is 16.5. The summed E-state index contributed by atoms with van der Waals surface area (Å²) in [6.45, 7) is 4.90. The molecular weight excluding hydrogens is 256 g/mol. The molecule has 2 unspecified atom stereocenters. The van der Waals surface area contributed by atoms with Gasteiger partial charge in [0, 0.05) is 13.2 Å². The van der Waals surface area contributed by atoms with Crippen LogP contribution in [0.1, 0.15) is 45.4 Å². The van der Waals surface area contributed by atoms with Crippen LogP contribution in [-0.2, 0) is 14.3 Å². The van der Waals surface area contributed by atoms with E-state index < -0.39 is 5.54 Å². The lowest BCUT2D eigenvalue weighted by atomic mass is 9.84. The molecule has 1 fully saturated rings. The van der Waals surface area contributed by atoms with E-state index in [4.69, 9.17) is 15.2 Å². The Labute approximate surface area is 122 Å². The maximum atomic E-state index is 11.7. The van der Waals surface area contributed by atoms with Crippen molar-refractivity contribution in [1.29, 1.82) is 0 Å². The zero-order valence-corrected chi connectivity index (χ0v) is 13.0. The molecule has 2 atom stereocenters. The average molecular weight is 286 g/mol. The quantitative estimate of drug-likeness (QED) is 0.564. The molecule has 118 valence electrons. The summed E-state index contributed by atoms with van der Waals surface area (Å²) in [7, 11) is 1.82. The summed E-state index contributed by atoms with van der Waals surface area (Å²) in [5.74, 6) is 0.0522. The van der Waals surface area contributed by atoms with Gasteiger partial charge in [-0.2, -0.15) is 0 Å². The molecule has 0 radical (unpaired) electrons. The van der Waals surface area contributed by atoms with Crippen LogP contribution >= 0.6 is 0 Å². The minimum Gasteiger partial charge on any atom is -0.379 e. The van der Waals surface area contributed by atoms with E-state index in [2.05, 4.69) is 12.2 Å². The minimum absolute atomic E-state index is 0.231. The number of nitrogens with two attached hydrogens (primary N) is 1. The van der Waals surface area contributed by atoms with Crippen molar-refractivity contribution >= 4 is 5.91 Å². The minimum atomic E-state index is -0.527. The van der Waals surface area contributed by atoms with E-state index in [1.165, 1.54) is 0 Å². The fourth-order valence-corrected chi connectivity index (χ4v) is 3.04. The number of nitrogens with one attached hydrogen (secondary N) is 1. The summed E-state index contributed by atoms with van der Waals surface area (Å²) in [5, 5.41) is 3.15. The lowest BCUT2D eigenvalue weighted by Gasteiger charge is -2.32. The molecule has 1 aliphatic carbocycles. The number of unbranched alkanes of at least 4 members (excludes halogenated alkanes) is 1. The van der Waals surface area contributed by atoms with Crippen LogP contribution in [-0.4, -0.2) is 44.9 Å². The normalized spacial score (nSPS) is 26.0. The van der Waals surface area contributed by atoms with Crippen molar-refractivity contribution in [1.82, 2.24) is 5.32 Å². The van der Waals surface area contributed by atoms with Gasteiger partial charge < -0.3 is 20.5 Å². The summed E-state index contributed by atoms with van der Waals surface area (Å²) in [5.41, 5.74) is 5.04. The number of amides is 1. The van der Waals surface area contributed by atoms with Crippen LogP contribution in [0, 0.1) is 5.92 Å². The number of carbonyl (C=O) groups excluding carboxylic acids is 1. The lowest BCUT2D eigenvalue weighted by molar-refractivity contribution is -0.126. The Morgan fingerprint density at radius 1 is 1.30 bits per heavy atom. The third kappa shape index (κ3) is 4.72. The van der Waals surface area contributed by atoms with Gasteiger partial charge in [0.05, 0.1) is 13.2 Å². The van der Waals surface area contributed by atoms with Crippen LogP contribution in [0.3, 0.4) is 0 Å². The summed E-state index contributed by atoms with van der Waals surface area (Å²) in [4.78, 5) is 11.7. The second kappa shape index (κ2) is 9.32. The third-order valence-electron chi connectivity index (χ3n) is 4.33. The van der Waals surface area contributed by atoms with Crippen LogP contribution in [0.25, 0.3) is 0 Å². The second-order valence-corrected chi connectivity index (χ2v) is 5.54. The number of hydrogen-bond donors (Lipinski definition) is 2. The monoisotopic (exact) mass is 286 g/mol. The highest BCUT2D eigenvalue weighted by Gasteiger charge is 2.46. The molecule has 0 aliphatic heterocycles. The number of hydrogen-bond acceptors (Lipinski definition) is 4. The van der Waals surface area contributed by atoms with Crippen molar-refractivity contribution in [2.45, 2.75) is 51.0 Å². The molecule has 0 aromatic heterocycles. The molecule has 1 saturated carbocycles. The van der Waals surface area contributed by atoms with Gasteiger partial charge in [0.1, 0.15) is 5.54 Å². The van der Waals surface area contributed by atoms with Crippen molar-refractivity contribution in [2.75, 3.05) is 33.5 Å². The standard InChI is InChI=1S/C15H30N2O3/c1-3-4-9-19-11-12-20-10-7-13-6-5-8-15(13,17-2)14(16)18/h13,17H,3-12H2,1-2H3,(H2,16,18). The highest BCUT2D eigenvalue weighted by molar-refractivity contribution is 5.85. The molecule has 0 heterocycles. The van der Waals surface area contributed by atoms with Crippen LogP contribution < -0.4 is 11.1 Å². The molecule has 1 rings (SSSR count). The number of primary amides is 1. The van der Waals surface area contributed by atoms with E-state index in [0.717, 1.165) is 45.1 Å². The first-order valence-corrected chi connectivity index (χ1v) is 7.81. The maximum absolute atomic E-state index is 11.7. The molecule has 1 aliphatic rings.